The van der Waals surface area contributed by atoms with Crippen LogP contribution in [0.4, 0.5) is 5.69 Å². The molecular weight excluding hydrogens is 308 g/mol. The Kier molecular flexibility index (Phi) is 4.14. The molecule has 23 heavy (non-hydrogen) atoms. The van der Waals surface area contributed by atoms with Crippen molar-refractivity contribution in [3.63, 3.8) is 0 Å². The zero-order valence-corrected chi connectivity index (χ0v) is 14.2. The van der Waals surface area contributed by atoms with Crippen molar-refractivity contribution in [1.29, 1.82) is 0 Å². The van der Waals surface area contributed by atoms with Gasteiger partial charge in [0.25, 0.3) is 5.91 Å². The number of aryl methyl sites for hydroxylation is 1. The molecule has 0 saturated carbocycles. The van der Waals surface area contributed by atoms with Crippen LogP contribution in [0.1, 0.15) is 41.4 Å². The van der Waals surface area contributed by atoms with Crippen molar-refractivity contribution in [3.05, 3.63) is 64.3 Å². The molecule has 0 aliphatic heterocycles. The number of carbonyl (C=O) groups excluding carboxylic acids is 1. The molecule has 2 aromatic carbocycles. The third-order valence-corrected chi connectivity index (χ3v) is 4.33. The number of aromatic nitrogens is 1. The van der Waals surface area contributed by atoms with Crippen molar-refractivity contribution >= 4 is 34.1 Å². The number of hydrogen-bond donors (Lipinski definition) is 2. The molecular formula is C19H19ClN2O. The molecule has 1 aromatic heterocycles. The number of hydrogen-bond acceptors (Lipinski definition) is 1. The third kappa shape index (κ3) is 2.97. The number of anilines is 1. The molecule has 3 nitrogen and oxygen atoms in total. The van der Waals surface area contributed by atoms with Crippen molar-refractivity contribution in [2.45, 2.75) is 26.7 Å². The average molecular weight is 327 g/mol. The van der Waals surface area contributed by atoms with Gasteiger partial charge in [-0.15, -0.1) is 0 Å². The van der Waals surface area contributed by atoms with Gasteiger partial charge >= 0.3 is 0 Å². The SMILES string of the molecule is Cc1cccc(C(C)C)c1NC(=O)c1cc2cccc(Cl)c2[nH]1. The van der Waals surface area contributed by atoms with Crippen LogP contribution in [0.25, 0.3) is 10.9 Å². The van der Waals surface area contributed by atoms with E-state index in [2.05, 4.69) is 30.2 Å². The summed E-state index contributed by atoms with van der Waals surface area (Å²) in [6.45, 7) is 6.24. The van der Waals surface area contributed by atoms with Crippen LogP contribution in [0.5, 0.6) is 0 Å². The van der Waals surface area contributed by atoms with E-state index in [9.17, 15) is 4.79 Å². The van der Waals surface area contributed by atoms with Gasteiger partial charge in [-0.1, -0.05) is 55.8 Å². The molecule has 0 fully saturated rings. The topological polar surface area (TPSA) is 44.9 Å². The molecule has 4 heteroatoms. The summed E-state index contributed by atoms with van der Waals surface area (Å²) in [5.74, 6) is 0.177. The summed E-state index contributed by atoms with van der Waals surface area (Å²) in [7, 11) is 0. The fraction of sp³-hybridized carbons (Fsp3) is 0.211. The lowest BCUT2D eigenvalue weighted by atomic mass is 9.98. The van der Waals surface area contributed by atoms with Crippen molar-refractivity contribution in [1.82, 2.24) is 4.98 Å². The second-order valence-corrected chi connectivity index (χ2v) is 6.44. The summed E-state index contributed by atoms with van der Waals surface area (Å²) in [6.07, 6.45) is 0. The Labute approximate surface area is 140 Å². The first-order valence-electron chi connectivity index (χ1n) is 7.65. The smallest absolute Gasteiger partial charge is 0.272 e. The van der Waals surface area contributed by atoms with Crippen molar-refractivity contribution in [2.75, 3.05) is 5.32 Å². The van der Waals surface area contributed by atoms with E-state index in [1.807, 2.05) is 37.3 Å². The lowest BCUT2D eigenvalue weighted by molar-refractivity contribution is 0.102. The van der Waals surface area contributed by atoms with Crippen molar-refractivity contribution in [2.24, 2.45) is 0 Å². The molecule has 1 heterocycles. The van der Waals surface area contributed by atoms with E-state index >= 15 is 0 Å². The predicted octanol–water partition coefficient (Wildman–Crippen LogP) is 5.51. The summed E-state index contributed by atoms with van der Waals surface area (Å²) in [5, 5.41) is 4.58. The number of rotatable bonds is 3. The highest BCUT2D eigenvalue weighted by atomic mass is 35.5. The van der Waals surface area contributed by atoms with Gasteiger partial charge in [-0.25, -0.2) is 0 Å². The van der Waals surface area contributed by atoms with E-state index in [-0.39, 0.29) is 5.91 Å². The van der Waals surface area contributed by atoms with E-state index in [1.54, 1.807) is 6.07 Å². The predicted molar refractivity (Wildman–Crippen MR) is 96.5 cm³/mol. The summed E-state index contributed by atoms with van der Waals surface area (Å²) < 4.78 is 0. The fourth-order valence-electron chi connectivity index (χ4n) is 2.76. The van der Waals surface area contributed by atoms with Gasteiger partial charge in [0.05, 0.1) is 10.5 Å². The second-order valence-electron chi connectivity index (χ2n) is 6.04. The zero-order chi connectivity index (χ0) is 16.6. The number of amides is 1. The molecule has 118 valence electrons. The van der Waals surface area contributed by atoms with Crippen LogP contribution in [0, 0.1) is 6.92 Å². The zero-order valence-electron chi connectivity index (χ0n) is 13.4. The van der Waals surface area contributed by atoms with Crippen LogP contribution in [0.2, 0.25) is 5.02 Å². The number of para-hydroxylation sites is 2. The van der Waals surface area contributed by atoms with Crippen molar-refractivity contribution < 1.29 is 4.79 Å². The maximum absolute atomic E-state index is 12.6. The van der Waals surface area contributed by atoms with E-state index in [0.29, 0.717) is 16.6 Å². The summed E-state index contributed by atoms with van der Waals surface area (Å²) in [4.78, 5) is 15.7. The highest BCUT2D eigenvalue weighted by Crippen LogP contribution is 2.29. The summed E-state index contributed by atoms with van der Waals surface area (Å²) >= 11 is 6.16. The minimum atomic E-state index is -0.159. The monoisotopic (exact) mass is 326 g/mol. The summed E-state index contributed by atoms with van der Waals surface area (Å²) in [6, 6.07) is 13.5. The van der Waals surface area contributed by atoms with Crippen LogP contribution in [0.3, 0.4) is 0 Å². The molecule has 0 bridgehead atoms. The Bertz CT molecular complexity index is 880. The number of aromatic amines is 1. The first-order valence-corrected chi connectivity index (χ1v) is 8.03. The Balaban J connectivity index is 1.97. The quantitative estimate of drug-likeness (QED) is 0.655. The van der Waals surface area contributed by atoms with E-state index in [0.717, 1.165) is 27.7 Å². The Morgan fingerprint density at radius 1 is 1.17 bits per heavy atom. The first kappa shape index (κ1) is 15.6. The average Bonchev–Trinajstić information content (AvgIpc) is 2.94. The Morgan fingerprint density at radius 3 is 2.61 bits per heavy atom. The number of H-pyrrole nitrogens is 1. The van der Waals surface area contributed by atoms with Crippen molar-refractivity contribution in [3.8, 4) is 0 Å². The number of carbonyl (C=O) groups is 1. The maximum atomic E-state index is 12.6. The minimum absolute atomic E-state index is 0.159. The number of nitrogens with one attached hydrogen (secondary N) is 2. The Morgan fingerprint density at radius 2 is 1.91 bits per heavy atom. The molecule has 0 spiro atoms. The van der Waals surface area contributed by atoms with Crippen LogP contribution >= 0.6 is 11.6 Å². The number of halogens is 1. The van der Waals surface area contributed by atoms with Gasteiger partial charge in [-0.05, 0) is 36.1 Å². The van der Waals surface area contributed by atoms with Gasteiger partial charge in [0.15, 0.2) is 0 Å². The molecule has 0 unspecified atom stereocenters. The van der Waals surface area contributed by atoms with Crippen LogP contribution in [-0.4, -0.2) is 10.9 Å². The molecule has 0 atom stereocenters. The maximum Gasteiger partial charge on any atom is 0.272 e. The molecule has 0 aliphatic carbocycles. The van der Waals surface area contributed by atoms with Gasteiger partial charge in [-0.3, -0.25) is 4.79 Å². The van der Waals surface area contributed by atoms with Crippen LogP contribution in [-0.2, 0) is 0 Å². The molecule has 3 aromatic rings. The molecule has 0 aliphatic rings. The molecule has 0 saturated heterocycles. The highest BCUT2D eigenvalue weighted by Gasteiger charge is 2.15. The molecule has 2 N–H and O–H groups in total. The van der Waals surface area contributed by atoms with E-state index in [1.165, 1.54) is 0 Å². The van der Waals surface area contributed by atoms with Gasteiger partial charge in [0.1, 0.15) is 5.69 Å². The number of fused-ring (bicyclic) bond motifs is 1. The second kappa shape index (κ2) is 6.09. The van der Waals surface area contributed by atoms with Gasteiger partial charge in [0, 0.05) is 11.1 Å². The van der Waals surface area contributed by atoms with Gasteiger partial charge in [0.2, 0.25) is 0 Å². The van der Waals surface area contributed by atoms with Crippen LogP contribution < -0.4 is 5.32 Å². The van der Waals surface area contributed by atoms with Crippen LogP contribution in [0.15, 0.2) is 42.5 Å². The van der Waals surface area contributed by atoms with E-state index in [4.69, 9.17) is 11.6 Å². The molecule has 0 radical (unpaired) electrons. The van der Waals surface area contributed by atoms with Gasteiger partial charge in [-0.2, -0.15) is 0 Å². The number of benzene rings is 2. The van der Waals surface area contributed by atoms with Gasteiger partial charge < -0.3 is 10.3 Å². The highest BCUT2D eigenvalue weighted by molar-refractivity contribution is 6.35. The Hall–Kier alpha value is -2.26. The summed E-state index contributed by atoms with van der Waals surface area (Å²) in [5.41, 5.74) is 4.36. The normalized spacial score (nSPS) is 11.2. The lowest BCUT2D eigenvalue weighted by Gasteiger charge is -2.16. The standard InChI is InChI=1S/C19H19ClN2O/c1-11(2)14-8-4-6-12(3)17(14)22-19(23)16-10-13-7-5-9-15(20)18(13)21-16/h4-11,21H,1-3H3,(H,22,23). The van der Waals surface area contributed by atoms with E-state index < -0.39 is 0 Å². The third-order valence-electron chi connectivity index (χ3n) is 4.02. The first-order chi connectivity index (χ1) is 11.0. The minimum Gasteiger partial charge on any atom is -0.349 e. The lowest BCUT2D eigenvalue weighted by Crippen LogP contribution is -2.15. The molecule has 1 amide bonds. The molecule has 3 rings (SSSR count). The fourth-order valence-corrected chi connectivity index (χ4v) is 2.99. The largest absolute Gasteiger partial charge is 0.349 e.